The van der Waals surface area contributed by atoms with Crippen LogP contribution in [0.2, 0.25) is 0 Å². The van der Waals surface area contributed by atoms with Gasteiger partial charge in [-0.2, -0.15) is 0 Å². The number of carbonyl (C=O) groups is 2. The van der Waals surface area contributed by atoms with E-state index in [1.807, 2.05) is 0 Å². The van der Waals surface area contributed by atoms with Gasteiger partial charge in [0.15, 0.2) is 0 Å². The number of hydrogen-bond acceptors (Lipinski definition) is 5. The monoisotopic (exact) mass is 1270 g/mol. The van der Waals surface area contributed by atoms with Crippen molar-refractivity contribution in [3.8, 4) is 0 Å². The van der Waals surface area contributed by atoms with Gasteiger partial charge in [-0.25, -0.2) is 0 Å². The van der Waals surface area contributed by atoms with Crippen LogP contribution in [-0.2, 0) is 14.3 Å². The molecule has 0 aromatic heterocycles. The maximum atomic E-state index is 12.6. The van der Waals surface area contributed by atoms with Crippen LogP contribution < -0.4 is 5.32 Å². The van der Waals surface area contributed by atoms with Crippen molar-refractivity contribution >= 4 is 11.9 Å². The fourth-order valence-electron chi connectivity index (χ4n) is 13.4. The van der Waals surface area contributed by atoms with Crippen LogP contribution in [0, 0.1) is 0 Å². The highest BCUT2D eigenvalue weighted by Gasteiger charge is 2.20. The number of allylic oxidation sites excluding steroid dienone is 4. The summed E-state index contributed by atoms with van der Waals surface area (Å²) in [6.07, 6.45) is 103. The molecule has 0 bridgehead atoms. The highest BCUT2D eigenvalue weighted by Crippen LogP contribution is 2.20. The minimum absolute atomic E-state index is 0.0148. The average molecular weight is 1270 g/mol. The molecular weight excluding hydrogens is 1100 g/mol. The van der Waals surface area contributed by atoms with Gasteiger partial charge in [-0.1, -0.05) is 411 Å². The third kappa shape index (κ3) is 75.4. The predicted octanol–water partition coefficient (Wildman–Crippen LogP) is 27.6. The Morgan fingerprint density at radius 3 is 0.789 bits per heavy atom. The number of carbonyl (C=O) groups excluding carboxylic acids is 2. The van der Waals surface area contributed by atoms with Gasteiger partial charge in [-0.15, -0.1) is 0 Å². The van der Waals surface area contributed by atoms with Gasteiger partial charge >= 0.3 is 5.97 Å². The van der Waals surface area contributed by atoms with Crippen LogP contribution in [0.4, 0.5) is 0 Å². The van der Waals surface area contributed by atoms with Crippen LogP contribution >= 0.6 is 0 Å². The highest BCUT2D eigenvalue weighted by atomic mass is 16.5. The minimum atomic E-state index is -0.662. The van der Waals surface area contributed by atoms with Gasteiger partial charge in [0, 0.05) is 12.8 Å². The number of nitrogens with one attached hydrogen (secondary N) is 1. The quantitative estimate of drug-likeness (QED) is 0.0320. The van der Waals surface area contributed by atoms with Gasteiger partial charge in [0.1, 0.15) is 0 Å². The lowest BCUT2D eigenvalue weighted by atomic mass is 10.0. The summed E-state index contributed by atoms with van der Waals surface area (Å²) < 4.78 is 5.50. The third-order valence-electron chi connectivity index (χ3n) is 19.7. The first-order valence-corrected chi connectivity index (χ1v) is 41.6. The first-order valence-electron chi connectivity index (χ1n) is 41.6. The number of amides is 1. The molecule has 1 amide bonds. The molecule has 0 saturated carbocycles. The molecule has 0 rings (SSSR count). The number of hydrogen-bond donors (Lipinski definition) is 3. The molecule has 90 heavy (non-hydrogen) atoms. The first kappa shape index (κ1) is 88.3. The summed E-state index contributed by atoms with van der Waals surface area (Å²) in [6, 6.07) is -0.539. The number of unbranched alkanes of at least 4 members (excludes halogenated alkanes) is 64. The Hall–Kier alpha value is -1.66. The lowest BCUT2D eigenvalue weighted by Crippen LogP contribution is -2.45. The molecule has 0 heterocycles. The molecule has 0 aliphatic heterocycles. The fourth-order valence-corrected chi connectivity index (χ4v) is 13.4. The van der Waals surface area contributed by atoms with E-state index in [0.29, 0.717) is 25.9 Å². The number of esters is 1. The Labute approximate surface area is 564 Å². The van der Waals surface area contributed by atoms with Crippen molar-refractivity contribution in [1.29, 1.82) is 0 Å². The molecule has 0 aromatic carbocycles. The number of aliphatic hydroxyl groups is 2. The SMILES string of the molecule is CCCCCCC/C=C\CCCCCCCC(=O)OCCCCCCCCCCCCCCCCCCCC/C=C\CCCCCCCCCCCCCCCCCCCC(=O)NC(CO)C(O)CCCCCCCCCCCCCCCCCCCCCC. The van der Waals surface area contributed by atoms with Gasteiger partial charge in [0.05, 0.1) is 25.4 Å². The maximum Gasteiger partial charge on any atom is 0.305 e. The minimum Gasteiger partial charge on any atom is -0.466 e. The molecule has 0 aliphatic rings. The Balaban J connectivity index is 3.32. The van der Waals surface area contributed by atoms with Crippen LogP contribution in [-0.4, -0.2) is 47.4 Å². The number of aliphatic hydroxyl groups excluding tert-OH is 2. The molecule has 0 spiro atoms. The summed E-state index contributed by atoms with van der Waals surface area (Å²) in [5.41, 5.74) is 0. The Morgan fingerprint density at radius 1 is 0.300 bits per heavy atom. The summed E-state index contributed by atoms with van der Waals surface area (Å²) in [4.78, 5) is 24.6. The van der Waals surface area contributed by atoms with Crippen molar-refractivity contribution in [2.75, 3.05) is 13.2 Å². The van der Waals surface area contributed by atoms with Crippen molar-refractivity contribution in [2.24, 2.45) is 0 Å². The molecule has 2 atom stereocenters. The fraction of sp³-hybridized carbons (Fsp3) is 0.929. The van der Waals surface area contributed by atoms with E-state index in [1.54, 1.807) is 0 Å². The lowest BCUT2D eigenvalue weighted by molar-refractivity contribution is -0.143. The molecule has 0 aromatic rings. The van der Waals surface area contributed by atoms with Crippen molar-refractivity contribution in [3.05, 3.63) is 24.3 Å². The van der Waals surface area contributed by atoms with Crippen molar-refractivity contribution in [1.82, 2.24) is 5.32 Å². The molecular formula is C84H163NO5. The first-order chi connectivity index (χ1) is 44.5. The van der Waals surface area contributed by atoms with E-state index in [-0.39, 0.29) is 18.5 Å². The Morgan fingerprint density at radius 2 is 0.522 bits per heavy atom. The summed E-state index contributed by atoms with van der Waals surface area (Å²) in [7, 11) is 0. The van der Waals surface area contributed by atoms with Gasteiger partial charge in [0.25, 0.3) is 0 Å². The van der Waals surface area contributed by atoms with Crippen LogP contribution in [0.5, 0.6) is 0 Å². The van der Waals surface area contributed by atoms with E-state index in [1.165, 1.54) is 398 Å². The summed E-state index contributed by atoms with van der Waals surface area (Å²) >= 11 is 0. The maximum absolute atomic E-state index is 12.6. The summed E-state index contributed by atoms with van der Waals surface area (Å²) in [6.45, 7) is 5.00. The van der Waals surface area contributed by atoms with Gasteiger partial charge < -0.3 is 20.3 Å². The molecule has 6 heteroatoms. The zero-order valence-corrected chi connectivity index (χ0v) is 61.4. The van der Waals surface area contributed by atoms with Gasteiger partial charge in [-0.05, 0) is 77.0 Å². The second kappa shape index (κ2) is 79.8. The van der Waals surface area contributed by atoms with E-state index in [4.69, 9.17) is 4.74 Å². The molecule has 0 saturated heterocycles. The average Bonchev–Trinajstić information content (AvgIpc) is 3.68. The molecule has 6 nitrogen and oxygen atoms in total. The smallest absolute Gasteiger partial charge is 0.305 e. The molecule has 0 radical (unpaired) electrons. The standard InChI is InChI=1S/C84H163NO5/c1-3-5-7-9-11-13-15-17-19-20-21-43-46-49-52-56-60-64-68-72-76-82(87)81(80-86)85-83(88)77-73-69-65-61-57-53-50-47-44-41-39-37-35-33-31-29-27-25-23-22-24-26-28-30-32-34-36-38-40-42-45-48-51-55-59-63-67-71-75-79-90-84(89)78-74-70-66-62-58-54-18-16-14-12-10-8-6-4-2/h16,18,22-23,81-82,86-87H,3-15,17,19-21,24-80H2,1-2H3,(H,85,88)/b18-16-,23-22-. The Bertz CT molecular complexity index is 1410. The van der Waals surface area contributed by atoms with Crippen LogP contribution in [0.3, 0.4) is 0 Å². The van der Waals surface area contributed by atoms with Gasteiger partial charge in [0.2, 0.25) is 5.91 Å². The lowest BCUT2D eigenvalue weighted by Gasteiger charge is -2.22. The highest BCUT2D eigenvalue weighted by molar-refractivity contribution is 5.76. The second-order valence-electron chi connectivity index (χ2n) is 28.8. The second-order valence-corrected chi connectivity index (χ2v) is 28.8. The summed E-state index contributed by atoms with van der Waals surface area (Å²) in [5, 5.41) is 23.5. The zero-order valence-electron chi connectivity index (χ0n) is 61.4. The van der Waals surface area contributed by atoms with Crippen LogP contribution in [0.25, 0.3) is 0 Å². The van der Waals surface area contributed by atoms with E-state index in [2.05, 4.69) is 43.5 Å². The van der Waals surface area contributed by atoms with Gasteiger partial charge in [-0.3, -0.25) is 9.59 Å². The zero-order chi connectivity index (χ0) is 64.9. The van der Waals surface area contributed by atoms with E-state index in [9.17, 15) is 19.8 Å². The number of rotatable bonds is 79. The van der Waals surface area contributed by atoms with E-state index in [0.717, 1.165) is 44.9 Å². The normalized spacial score (nSPS) is 12.5. The van der Waals surface area contributed by atoms with Crippen LogP contribution in [0.15, 0.2) is 24.3 Å². The van der Waals surface area contributed by atoms with Crippen molar-refractivity contribution in [3.63, 3.8) is 0 Å². The Kier molecular flexibility index (Phi) is 78.3. The van der Waals surface area contributed by atoms with E-state index < -0.39 is 12.1 Å². The van der Waals surface area contributed by atoms with Crippen molar-refractivity contribution < 1.29 is 24.5 Å². The van der Waals surface area contributed by atoms with E-state index >= 15 is 0 Å². The summed E-state index contributed by atoms with van der Waals surface area (Å²) in [5.74, 6) is -0.0104. The topological polar surface area (TPSA) is 95.9 Å². The molecule has 0 aliphatic carbocycles. The third-order valence-corrected chi connectivity index (χ3v) is 19.7. The molecule has 2 unspecified atom stereocenters. The van der Waals surface area contributed by atoms with Crippen molar-refractivity contribution in [2.45, 2.75) is 488 Å². The molecule has 3 N–H and O–H groups in total. The predicted molar refractivity (Wildman–Crippen MR) is 398 cm³/mol. The molecule has 0 fully saturated rings. The largest absolute Gasteiger partial charge is 0.466 e. The van der Waals surface area contributed by atoms with Crippen LogP contribution in [0.1, 0.15) is 476 Å². The molecule has 534 valence electrons. The number of ether oxygens (including phenoxy) is 1.